The number of hydrogen-bond acceptors (Lipinski definition) is 10. The summed E-state index contributed by atoms with van der Waals surface area (Å²) in [5.41, 5.74) is 11.5. The van der Waals surface area contributed by atoms with E-state index in [1.165, 1.54) is 52.4 Å². The average molecular weight is 800 g/mol. The number of anilines is 1. The van der Waals surface area contributed by atoms with E-state index in [1.54, 1.807) is 18.2 Å². The molecule has 14 heteroatoms. The number of ether oxygens (including phenoxy) is 1. The van der Waals surface area contributed by atoms with Crippen LogP contribution < -0.4 is 26.7 Å². The van der Waals surface area contributed by atoms with E-state index in [-0.39, 0.29) is 35.4 Å². The van der Waals surface area contributed by atoms with Crippen LogP contribution in [-0.4, -0.2) is 60.8 Å². The molecule has 0 unspecified atom stereocenters. The Hall–Kier alpha value is -6.35. The Balaban J connectivity index is 1.06. The van der Waals surface area contributed by atoms with Crippen molar-refractivity contribution in [2.75, 3.05) is 25.1 Å². The quantitative estimate of drug-likeness (QED) is 0.0265. The topological polar surface area (TPSA) is 188 Å². The lowest BCUT2D eigenvalue weighted by molar-refractivity contribution is -0.131. The molecule has 0 atom stereocenters. The van der Waals surface area contributed by atoms with E-state index in [1.807, 2.05) is 36.4 Å². The van der Waals surface area contributed by atoms with Gasteiger partial charge in [0.2, 0.25) is 5.91 Å². The molecule has 13 nitrogen and oxygen atoms in total. The molecule has 1 fully saturated rings. The van der Waals surface area contributed by atoms with Gasteiger partial charge in [-0.05, 0) is 83.9 Å². The van der Waals surface area contributed by atoms with Gasteiger partial charge in [-0.25, -0.2) is 15.9 Å². The molecule has 2 amide bonds. The Bertz CT molecular complexity index is 2420. The van der Waals surface area contributed by atoms with Gasteiger partial charge in [-0.1, -0.05) is 97.8 Å². The van der Waals surface area contributed by atoms with Crippen LogP contribution in [0.1, 0.15) is 64.7 Å². The predicted octanol–water partition coefficient (Wildman–Crippen LogP) is 6.30. The molecule has 7 rings (SSSR count). The van der Waals surface area contributed by atoms with Crippen molar-refractivity contribution < 1.29 is 27.3 Å². The summed E-state index contributed by atoms with van der Waals surface area (Å²) in [6.07, 6.45) is 8.90. The lowest BCUT2D eigenvalue weighted by atomic mass is 9.77. The number of carbonyl (C=O) groups is 2. The van der Waals surface area contributed by atoms with Crippen LogP contribution in [0.3, 0.4) is 0 Å². The van der Waals surface area contributed by atoms with Crippen molar-refractivity contribution >= 4 is 40.0 Å². The van der Waals surface area contributed by atoms with Crippen LogP contribution in [0.5, 0.6) is 5.75 Å². The van der Waals surface area contributed by atoms with Crippen molar-refractivity contribution in [3.8, 4) is 16.9 Å². The summed E-state index contributed by atoms with van der Waals surface area (Å²) < 4.78 is 40.3. The molecule has 2 heterocycles. The number of amides is 2. The zero-order valence-corrected chi connectivity index (χ0v) is 32.6. The normalized spacial score (nSPS) is 14.6. The van der Waals surface area contributed by atoms with E-state index in [2.05, 4.69) is 68.7 Å². The van der Waals surface area contributed by atoms with Crippen LogP contribution in [-0.2, 0) is 26.7 Å². The molecule has 0 radical (unpaired) electrons. The summed E-state index contributed by atoms with van der Waals surface area (Å²) in [4.78, 5) is 30.9. The predicted molar refractivity (Wildman–Crippen MR) is 223 cm³/mol. The van der Waals surface area contributed by atoms with Crippen LogP contribution >= 0.6 is 0 Å². The third-order valence-corrected chi connectivity index (χ3v) is 11.4. The third kappa shape index (κ3) is 9.43. The fourth-order valence-corrected chi connectivity index (χ4v) is 8.08. The maximum Gasteiger partial charge on any atom is 0.295 e. The Kier molecular flexibility index (Phi) is 12.3. The molecular weight excluding hydrogens is 755 g/mol. The van der Waals surface area contributed by atoms with Gasteiger partial charge in [-0.3, -0.25) is 19.6 Å². The first-order valence-electron chi connectivity index (χ1n) is 19.1. The van der Waals surface area contributed by atoms with Gasteiger partial charge in [-0.2, -0.15) is 13.5 Å². The summed E-state index contributed by atoms with van der Waals surface area (Å²) >= 11 is 0. The Morgan fingerprint density at radius 1 is 0.931 bits per heavy atom. The fourth-order valence-electron chi connectivity index (χ4n) is 7.41. The monoisotopic (exact) mass is 799 g/mol. The number of hydrazine groups is 2. The van der Waals surface area contributed by atoms with E-state index in [0.29, 0.717) is 37.3 Å². The minimum Gasteiger partial charge on any atom is -0.489 e. The molecule has 1 aliphatic carbocycles. The lowest BCUT2D eigenvalue weighted by Gasteiger charge is -2.32. The van der Waals surface area contributed by atoms with Gasteiger partial charge in [0.15, 0.2) is 0 Å². The van der Waals surface area contributed by atoms with E-state index in [9.17, 15) is 22.6 Å². The summed E-state index contributed by atoms with van der Waals surface area (Å²) in [6.45, 7) is 0.838. The van der Waals surface area contributed by atoms with Crippen LogP contribution in [0.2, 0.25) is 0 Å². The van der Waals surface area contributed by atoms with Gasteiger partial charge in [0.1, 0.15) is 23.1 Å². The van der Waals surface area contributed by atoms with Crippen molar-refractivity contribution in [2.45, 2.75) is 48.8 Å². The van der Waals surface area contributed by atoms with E-state index >= 15 is 0 Å². The SMILES string of the molecule is NNc1ccc(C(=O)NCCCN(N=Cc2ccccc2S(=O)(=O)O)NC(=O)C2(c3ccc4c(c3)OCC(Cc3ccc(-c5ccccc5)cc3)=C4)CCCC2)cn1. The third-order valence-electron chi connectivity index (χ3n) is 10.5. The molecule has 0 spiro atoms. The van der Waals surface area contributed by atoms with E-state index < -0.39 is 15.5 Å². The molecule has 6 N–H and O–H groups in total. The molecule has 2 aliphatic rings. The molecule has 1 aromatic heterocycles. The molecule has 58 heavy (non-hydrogen) atoms. The number of rotatable bonds is 15. The number of nitrogen functional groups attached to an aromatic ring is 1. The highest BCUT2D eigenvalue weighted by Crippen LogP contribution is 2.44. The smallest absolute Gasteiger partial charge is 0.295 e. The zero-order chi connectivity index (χ0) is 40.5. The van der Waals surface area contributed by atoms with Crippen LogP contribution in [0, 0.1) is 0 Å². The Labute approximate surface area is 337 Å². The number of fused-ring (bicyclic) bond motifs is 1. The zero-order valence-electron chi connectivity index (χ0n) is 31.8. The molecule has 5 aromatic rings. The number of aromatic nitrogens is 1. The van der Waals surface area contributed by atoms with Crippen LogP contribution in [0.15, 0.2) is 131 Å². The first-order chi connectivity index (χ1) is 28.1. The molecule has 0 saturated heterocycles. The second-order valence-corrected chi connectivity index (χ2v) is 15.8. The van der Waals surface area contributed by atoms with Crippen LogP contribution in [0.4, 0.5) is 5.82 Å². The second-order valence-electron chi connectivity index (χ2n) is 14.4. The summed E-state index contributed by atoms with van der Waals surface area (Å²) in [7, 11) is -4.54. The number of nitrogens with two attached hydrogens (primary N) is 1. The van der Waals surface area contributed by atoms with E-state index in [4.69, 9.17) is 10.6 Å². The molecule has 0 bridgehead atoms. The number of benzene rings is 4. The first kappa shape index (κ1) is 39.9. The summed E-state index contributed by atoms with van der Waals surface area (Å²) in [6, 6.07) is 33.9. The molecule has 1 aliphatic heterocycles. The highest BCUT2D eigenvalue weighted by molar-refractivity contribution is 7.86. The number of nitrogens with zero attached hydrogens (tertiary/aromatic N) is 3. The maximum atomic E-state index is 14.4. The largest absolute Gasteiger partial charge is 0.489 e. The van der Waals surface area contributed by atoms with Gasteiger partial charge in [0.05, 0.1) is 23.7 Å². The van der Waals surface area contributed by atoms with Crippen molar-refractivity contribution in [2.24, 2.45) is 10.9 Å². The fraction of sp³-hybridized carbons (Fsp3) is 0.227. The number of hydrazone groups is 1. The van der Waals surface area contributed by atoms with E-state index in [0.717, 1.165) is 41.7 Å². The number of hydrogen-bond donors (Lipinski definition) is 5. The standard InChI is InChI=1S/C44H45N7O6S/c45-49-41-20-18-37(28-47-41)42(52)46-23-8-24-51(48-29-36-11-4-5-12-40(36)58(54,55)56)50-43(53)44(21-6-7-22-44)38-19-17-35-26-32(30-57-39(35)27-38)25-31-13-15-34(16-14-31)33-9-2-1-3-10-33/h1-5,9-20,26-29H,6-8,21-25,30,45H2,(H,46,52)(H,47,49)(H,50,53)(H,54,55,56). The Morgan fingerprint density at radius 3 is 2.40 bits per heavy atom. The molecule has 4 aromatic carbocycles. The maximum absolute atomic E-state index is 14.4. The first-order valence-corrected chi connectivity index (χ1v) is 20.6. The van der Waals surface area contributed by atoms with Gasteiger partial charge in [0, 0.05) is 23.9 Å². The van der Waals surface area contributed by atoms with Crippen LogP contribution in [0.25, 0.3) is 17.2 Å². The average Bonchev–Trinajstić information content (AvgIpc) is 3.76. The highest BCUT2D eigenvalue weighted by atomic mass is 32.2. The lowest BCUT2D eigenvalue weighted by Crippen LogP contribution is -2.49. The van der Waals surface area contributed by atoms with Crippen molar-refractivity contribution in [1.29, 1.82) is 0 Å². The van der Waals surface area contributed by atoms with Crippen molar-refractivity contribution in [1.82, 2.24) is 20.8 Å². The molecule has 1 saturated carbocycles. The second kappa shape index (κ2) is 17.8. The molecular formula is C44H45N7O6S. The number of pyridine rings is 1. The van der Waals surface area contributed by atoms with Gasteiger partial charge in [0.25, 0.3) is 16.0 Å². The minimum absolute atomic E-state index is 0.138. The molecule has 298 valence electrons. The summed E-state index contributed by atoms with van der Waals surface area (Å²) in [5, 5.41) is 8.64. The van der Waals surface area contributed by atoms with Gasteiger partial charge >= 0.3 is 0 Å². The number of carbonyl (C=O) groups excluding carboxylic acids is 2. The van der Waals surface area contributed by atoms with Crippen molar-refractivity contribution in [3.63, 3.8) is 0 Å². The highest BCUT2D eigenvalue weighted by Gasteiger charge is 2.44. The van der Waals surface area contributed by atoms with Gasteiger partial charge < -0.3 is 15.5 Å². The van der Waals surface area contributed by atoms with Crippen molar-refractivity contribution in [3.05, 3.63) is 149 Å². The van der Waals surface area contributed by atoms with Gasteiger partial charge in [-0.15, -0.1) is 0 Å². The summed E-state index contributed by atoms with van der Waals surface area (Å²) in [5.74, 6) is 5.91. The Morgan fingerprint density at radius 2 is 1.67 bits per heavy atom. The number of nitrogens with one attached hydrogen (secondary N) is 3. The minimum atomic E-state index is -4.54.